The summed E-state index contributed by atoms with van der Waals surface area (Å²) < 4.78 is 21.6. The molecule has 3 rings (SSSR count). The number of hydrogen-bond acceptors (Lipinski definition) is 7. The summed E-state index contributed by atoms with van der Waals surface area (Å²) >= 11 is 0. The second kappa shape index (κ2) is 6.87. The molecule has 0 aliphatic carbocycles. The van der Waals surface area contributed by atoms with Crippen LogP contribution in [0.5, 0.6) is 28.7 Å². The van der Waals surface area contributed by atoms with Crippen LogP contribution in [-0.2, 0) is 0 Å². The molecule has 0 atom stereocenters. The summed E-state index contributed by atoms with van der Waals surface area (Å²) in [5, 5.41) is 20.0. The van der Waals surface area contributed by atoms with Crippen LogP contribution in [0.3, 0.4) is 0 Å². The fourth-order valence-corrected chi connectivity index (χ4v) is 2.66. The topological polar surface area (TPSA) is 98.4 Å². The number of rotatable bonds is 5. The third kappa shape index (κ3) is 2.88. The Bertz CT molecular complexity index is 1020. The van der Waals surface area contributed by atoms with Gasteiger partial charge in [-0.05, 0) is 25.1 Å². The van der Waals surface area contributed by atoms with E-state index in [-0.39, 0.29) is 46.3 Å². The normalized spacial score (nSPS) is 10.7. The average molecular weight is 358 g/mol. The zero-order valence-corrected chi connectivity index (χ0v) is 14.5. The number of hydrogen-bond donors (Lipinski definition) is 2. The molecule has 3 aromatic rings. The maximum Gasteiger partial charge on any atom is 0.239 e. The second-order valence-corrected chi connectivity index (χ2v) is 5.43. The zero-order chi connectivity index (χ0) is 18.8. The predicted molar refractivity (Wildman–Crippen MR) is 95.5 cm³/mol. The lowest BCUT2D eigenvalue weighted by Crippen LogP contribution is -2.10. The molecule has 0 aliphatic heterocycles. The van der Waals surface area contributed by atoms with Crippen LogP contribution in [0, 0.1) is 0 Å². The number of phenols is 2. The van der Waals surface area contributed by atoms with E-state index in [9.17, 15) is 15.0 Å². The highest BCUT2D eigenvalue weighted by atomic mass is 16.5. The van der Waals surface area contributed by atoms with Gasteiger partial charge in [0.15, 0.2) is 17.3 Å². The van der Waals surface area contributed by atoms with Gasteiger partial charge in [-0.2, -0.15) is 0 Å². The molecule has 2 N–H and O–H groups in total. The van der Waals surface area contributed by atoms with Gasteiger partial charge in [-0.3, -0.25) is 4.79 Å². The van der Waals surface area contributed by atoms with Crippen molar-refractivity contribution < 1.29 is 28.8 Å². The van der Waals surface area contributed by atoms with Gasteiger partial charge in [-0.15, -0.1) is 0 Å². The number of phenolic OH excluding ortho intramolecular Hbond substituents is 2. The predicted octanol–water partition coefficient (Wildman–Crippen LogP) is 3.29. The standard InChI is InChI=1S/C19H18O7/c1-4-25-19-17(22)16-13(21)8-11(23-2)9-15(16)26-18(19)10-5-6-12(20)14(7-10)24-3/h5-9,20-21H,4H2,1-3H3. The molecule has 0 unspecified atom stereocenters. The van der Waals surface area contributed by atoms with Crippen LogP contribution in [0.4, 0.5) is 0 Å². The molecule has 26 heavy (non-hydrogen) atoms. The summed E-state index contributed by atoms with van der Waals surface area (Å²) in [6.07, 6.45) is 0. The molecule has 1 aromatic heterocycles. The Balaban J connectivity index is 2.36. The first-order valence-corrected chi connectivity index (χ1v) is 7.88. The monoisotopic (exact) mass is 358 g/mol. The van der Waals surface area contributed by atoms with Gasteiger partial charge in [0.2, 0.25) is 11.2 Å². The quantitative estimate of drug-likeness (QED) is 0.722. The minimum absolute atomic E-state index is 0.00347. The lowest BCUT2D eigenvalue weighted by atomic mass is 10.1. The zero-order valence-electron chi connectivity index (χ0n) is 14.5. The first kappa shape index (κ1) is 17.5. The van der Waals surface area contributed by atoms with Gasteiger partial charge in [-0.1, -0.05) is 0 Å². The van der Waals surface area contributed by atoms with E-state index < -0.39 is 5.43 Å². The van der Waals surface area contributed by atoms with E-state index in [2.05, 4.69) is 0 Å². The molecule has 136 valence electrons. The molecular formula is C19H18O7. The Hall–Kier alpha value is -3.35. The maximum atomic E-state index is 12.9. The van der Waals surface area contributed by atoms with Gasteiger partial charge in [-0.25, -0.2) is 0 Å². The van der Waals surface area contributed by atoms with Crippen molar-refractivity contribution >= 4 is 11.0 Å². The molecular weight excluding hydrogens is 340 g/mol. The highest BCUT2D eigenvalue weighted by Gasteiger charge is 2.21. The van der Waals surface area contributed by atoms with E-state index in [1.807, 2.05) is 0 Å². The fourth-order valence-electron chi connectivity index (χ4n) is 2.66. The third-order valence-electron chi connectivity index (χ3n) is 3.87. The van der Waals surface area contributed by atoms with Crippen molar-refractivity contribution in [1.29, 1.82) is 0 Å². The van der Waals surface area contributed by atoms with Gasteiger partial charge in [0.05, 0.1) is 20.8 Å². The smallest absolute Gasteiger partial charge is 0.239 e. The highest BCUT2D eigenvalue weighted by molar-refractivity contribution is 5.88. The second-order valence-electron chi connectivity index (χ2n) is 5.43. The van der Waals surface area contributed by atoms with E-state index >= 15 is 0 Å². The molecule has 0 saturated carbocycles. The van der Waals surface area contributed by atoms with Crippen molar-refractivity contribution in [3.63, 3.8) is 0 Å². The molecule has 7 nitrogen and oxygen atoms in total. The van der Waals surface area contributed by atoms with Crippen molar-refractivity contribution in [3.05, 3.63) is 40.6 Å². The SMILES string of the molecule is CCOc1c(-c2ccc(O)c(OC)c2)oc2cc(OC)cc(O)c2c1=O. The van der Waals surface area contributed by atoms with Crippen LogP contribution >= 0.6 is 0 Å². The lowest BCUT2D eigenvalue weighted by Gasteiger charge is -2.13. The summed E-state index contributed by atoms with van der Waals surface area (Å²) in [7, 11) is 2.86. The van der Waals surface area contributed by atoms with Crippen LogP contribution in [0.25, 0.3) is 22.3 Å². The Morgan fingerprint density at radius 1 is 1.04 bits per heavy atom. The number of ether oxygens (including phenoxy) is 3. The van der Waals surface area contributed by atoms with E-state index in [1.54, 1.807) is 13.0 Å². The number of fused-ring (bicyclic) bond motifs is 1. The van der Waals surface area contributed by atoms with Crippen molar-refractivity contribution in [2.75, 3.05) is 20.8 Å². The maximum absolute atomic E-state index is 12.9. The Morgan fingerprint density at radius 3 is 2.46 bits per heavy atom. The van der Waals surface area contributed by atoms with E-state index in [0.717, 1.165) is 0 Å². The number of benzene rings is 2. The first-order valence-electron chi connectivity index (χ1n) is 7.88. The molecule has 0 fully saturated rings. The van der Waals surface area contributed by atoms with Crippen molar-refractivity contribution in [3.8, 4) is 40.1 Å². The average Bonchev–Trinajstić information content (AvgIpc) is 2.63. The molecule has 0 radical (unpaired) electrons. The Labute approximate surface area is 149 Å². The van der Waals surface area contributed by atoms with Crippen molar-refractivity contribution in [1.82, 2.24) is 0 Å². The molecule has 1 heterocycles. The summed E-state index contributed by atoms with van der Waals surface area (Å²) in [6, 6.07) is 7.37. The largest absolute Gasteiger partial charge is 0.507 e. The Kier molecular flexibility index (Phi) is 4.62. The minimum Gasteiger partial charge on any atom is -0.507 e. The summed E-state index contributed by atoms with van der Waals surface area (Å²) in [6.45, 7) is 1.97. The molecule has 0 amide bonds. The fraction of sp³-hybridized carbons (Fsp3) is 0.211. The first-order chi connectivity index (χ1) is 12.5. The summed E-state index contributed by atoms with van der Waals surface area (Å²) in [4.78, 5) is 12.9. The van der Waals surface area contributed by atoms with E-state index in [1.165, 1.54) is 38.5 Å². The molecule has 0 spiro atoms. The number of aromatic hydroxyl groups is 2. The van der Waals surface area contributed by atoms with Crippen LogP contribution < -0.4 is 19.6 Å². The van der Waals surface area contributed by atoms with Gasteiger partial charge in [0.25, 0.3) is 0 Å². The van der Waals surface area contributed by atoms with E-state index in [0.29, 0.717) is 11.3 Å². The van der Waals surface area contributed by atoms with E-state index in [4.69, 9.17) is 18.6 Å². The number of methoxy groups -OCH3 is 2. The van der Waals surface area contributed by atoms with Crippen LogP contribution in [0.1, 0.15) is 6.92 Å². The van der Waals surface area contributed by atoms with Gasteiger partial charge in [0.1, 0.15) is 22.5 Å². The van der Waals surface area contributed by atoms with Crippen LogP contribution in [0.15, 0.2) is 39.5 Å². The molecule has 2 aromatic carbocycles. The van der Waals surface area contributed by atoms with Gasteiger partial charge < -0.3 is 28.8 Å². The van der Waals surface area contributed by atoms with Crippen molar-refractivity contribution in [2.45, 2.75) is 6.92 Å². The van der Waals surface area contributed by atoms with Crippen LogP contribution in [0.2, 0.25) is 0 Å². The van der Waals surface area contributed by atoms with Crippen LogP contribution in [-0.4, -0.2) is 31.0 Å². The molecule has 0 aliphatic rings. The Morgan fingerprint density at radius 2 is 1.81 bits per heavy atom. The minimum atomic E-state index is -0.504. The van der Waals surface area contributed by atoms with Gasteiger partial charge >= 0.3 is 0 Å². The molecule has 7 heteroatoms. The third-order valence-corrected chi connectivity index (χ3v) is 3.87. The summed E-state index contributed by atoms with van der Waals surface area (Å²) in [5.74, 6) is 0.391. The highest BCUT2D eigenvalue weighted by Crippen LogP contribution is 2.38. The van der Waals surface area contributed by atoms with Gasteiger partial charge in [0, 0.05) is 17.7 Å². The molecule has 0 saturated heterocycles. The summed E-state index contributed by atoms with van der Waals surface area (Å²) in [5.41, 5.74) is 0.122. The van der Waals surface area contributed by atoms with Crippen molar-refractivity contribution in [2.24, 2.45) is 0 Å². The lowest BCUT2D eigenvalue weighted by molar-refractivity contribution is 0.329. The molecule has 0 bridgehead atoms.